The summed E-state index contributed by atoms with van der Waals surface area (Å²) in [7, 11) is -4.09. The Morgan fingerprint density at radius 3 is 2.34 bits per heavy atom. The molecule has 2 N–H and O–H groups in total. The Bertz CT molecular complexity index is 1240. The molecule has 3 rings (SSSR count). The smallest absolute Gasteiger partial charge is 0.348 e. The maximum Gasteiger partial charge on any atom is 0.416 e. The number of benzene rings is 3. The highest BCUT2D eigenvalue weighted by molar-refractivity contribution is 7.92. The third kappa shape index (κ3) is 5.80. The van der Waals surface area contributed by atoms with E-state index in [0.29, 0.717) is 5.69 Å². The number of halogens is 4. The number of anilines is 1. The van der Waals surface area contributed by atoms with E-state index in [9.17, 15) is 26.4 Å². The van der Waals surface area contributed by atoms with Crippen LogP contribution in [0.15, 0.2) is 71.6 Å². The Morgan fingerprint density at radius 2 is 1.69 bits per heavy atom. The lowest BCUT2D eigenvalue weighted by atomic mass is 10.1. The summed E-state index contributed by atoms with van der Waals surface area (Å²) in [6.07, 6.45) is -4.50. The molecule has 0 radical (unpaired) electrons. The molecule has 0 unspecified atom stereocenters. The maximum atomic E-state index is 12.8. The van der Waals surface area contributed by atoms with E-state index in [1.54, 1.807) is 24.3 Å². The quantitative estimate of drug-likeness (QED) is 0.494. The topological polar surface area (TPSA) is 75.3 Å². The van der Waals surface area contributed by atoms with Crippen LogP contribution in [0.4, 0.5) is 18.9 Å². The highest BCUT2D eigenvalue weighted by atomic mass is 35.5. The van der Waals surface area contributed by atoms with Crippen molar-refractivity contribution in [2.75, 3.05) is 4.72 Å². The van der Waals surface area contributed by atoms with Crippen LogP contribution in [-0.4, -0.2) is 14.3 Å². The van der Waals surface area contributed by atoms with E-state index in [1.165, 1.54) is 24.3 Å². The summed E-state index contributed by atoms with van der Waals surface area (Å²) in [5, 5.41) is 2.40. The number of carbonyl (C=O) groups excluding carboxylic acids is 1. The number of hydrogen-bond acceptors (Lipinski definition) is 3. The molecule has 0 aliphatic heterocycles. The molecule has 0 bridgehead atoms. The lowest BCUT2D eigenvalue weighted by Crippen LogP contribution is -2.23. The Hall–Kier alpha value is -3.04. The summed E-state index contributed by atoms with van der Waals surface area (Å²) in [6, 6.07) is 14.9. The summed E-state index contributed by atoms with van der Waals surface area (Å²) >= 11 is 6.05. The van der Waals surface area contributed by atoms with Crippen LogP contribution in [0.2, 0.25) is 5.02 Å². The lowest BCUT2D eigenvalue weighted by Gasteiger charge is -2.12. The number of rotatable bonds is 6. The average molecular weight is 483 g/mol. The molecule has 0 aromatic heterocycles. The molecular formula is C22H18ClF3N2O3S. The van der Waals surface area contributed by atoms with Crippen LogP contribution >= 0.6 is 11.6 Å². The number of alkyl halides is 3. The number of nitrogens with one attached hydrogen (secondary N) is 2. The second-order valence-electron chi connectivity index (χ2n) is 7.00. The minimum atomic E-state index is -4.50. The van der Waals surface area contributed by atoms with Crippen LogP contribution in [0.1, 0.15) is 27.0 Å². The first-order valence-corrected chi connectivity index (χ1v) is 11.2. The van der Waals surface area contributed by atoms with Gasteiger partial charge in [0.1, 0.15) is 4.90 Å². The van der Waals surface area contributed by atoms with E-state index in [1.807, 2.05) is 6.92 Å². The molecule has 10 heteroatoms. The fourth-order valence-electron chi connectivity index (χ4n) is 2.82. The number of amides is 1. The van der Waals surface area contributed by atoms with Gasteiger partial charge in [-0.05, 0) is 55.0 Å². The Labute approximate surface area is 188 Å². The first-order valence-electron chi connectivity index (χ1n) is 9.29. The van der Waals surface area contributed by atoms with E-state index in [0.717, 1.165) is 23.8 Å². The fraction of sp³-hybridized carbons (Fsp3) is 0.136. The number of sulfonamides is 1. The summed E-state index contributed by atoms with van der Waals surface area (Å²) in [4.78, 5) is 12.2. The van der Waals surface area contributed by atoms with E-state index < -0.39 is 27.7 Å². The first-order chi connectivity index (χ1) is 15.0. The number of aryl methyl sites for hydroxylation is 1. The van der Waals surface area contributed by atoms with Crippen molar-refractivity contribution < 1.29 is 26.4 Å². The van der Waals surface area contributed by atoms with Crippen LogP contribution < -0.4 is 10.0 Å². The van der Waals surface area contributed by atoms with Crippen LogP contribution in [0.25, 0.3) is 0 Å². The van der Waals surface area contributed by atoms with Gasteiger partial charge in [-0.2, -0.15) is 13.2 Å². The van der Waals surface area contributed by atoms with Gasteiger partial charge < -0.3 is 5.32 Å². The van der Waals surface area contributed by atoms with Crippen molar-refractivity contribution in [3.8, 4) is 0 Å². The standard InChI is InChI=1S/C22H18ClF3N2O3S/c1-14-5-8-18(9-6-14)28-32(30,31)20-12-16(7-10-19(20)23)21(29)27-13-15-3-2-4-17(11-15)22(24,25)26/h2-12,28H,13H2,1H3,(H,27,29). The Balaban J connectivity index is 1.77. The van der Waals surface area contributed by atoms with E-state index >= 15 is 0 Å². The van der Waals surface area contributed by atoms with Crippen LogP contribution in [-0.2, 0) is 22.7 Å². The molecule has 3 aromatic rings. The predicted octanol–water partition coefficient (Wildman–Crippen LogP) is 5.40. The number of carbonyl (C=O) groups is 1. The van der Waals surface area contributed by atoms with Crippen molar-refractivity contribution in [2.24, 2.45) is 0 Å². The zero-order valence-electron chi connectivity index (χ0n) is 16.7. The highest BCUT2D eigenvalue weighted by Gasteiger charge is 2.30. The molecule has 0 saturated heterocycles. The molecule has 0 aliphatic carbocycles. The largest absolute Gasteiger partial charge is 0.416 e. The summed E-state index contributed by atoms with van der Waals surface area (Å²) in [6.45, 7) is 1.69. The van der Waals surface area contributed by atoms with Gasteiger partial charge in [0.2, 0.25) is 0 Å². The van der Waals surface area contributed by atoms with E-state index in [2.05, 4.69) is 10.0 Å². The zero-order chi connectivity index (χ0) is 23.5. The van der Waals surface area contributed by atoms with Crippen molar-refractivity contribution in [3.63, 3.8) is 0 Å². The second kappa shape index (κ2) is 9.22. The van der Waals surface area contributed by atoms with Gasteiger partial charge in [0.05, 0.1) is 10.6 Å². The van der Waals surface area contributed by atoms with Gasteiger partial charge in [-0.15, -0.1) is 0 Å². The minimum absolute atomic E-state index is 0.00865. The van der Waals surface area contributed by atoms with Crippen molar-refractivity contribution in [2.45, 2.75) is 24.5 Å². The second-order valence-corrected chi connectivity index (χ2v) is 9.06. The van der Waals surface area contributed by atoms with Gasteiger partial charge in [0.25, 0.3) is 15.9 Å². The molecule has 0 fully saturated rings. The lowest BCUT2D eigenvalue weighted by molar-refractivity contribution is -0.137. The fourth-order valence-corrected chi connectivity index (χ4v) is 4.41. The predicted molar refractivity (Wildman–Crippen MR) is 116 cm³/mol. The van der Waals surface area contributed by atoms with Crippen LogP contribution in [0.3, 0.4) is 0 Å². The molecule has 3 aromatic carbocycles. The van der Waals surface area contributed by atoms with Gasteiger partial charge in [0.15, 0.2) is 0 Å². The Kier molecular flexibility index (Phi) is 6.80. The first kappa shape index (κ1) is 23.6. The molecule has 0 atom stereocenters. The van der Waals surface area contributed by atoms with Crippen LogP contribution in [0, 0.1) is 6.92 Å². The monoisotopic (exact) mass is 482 g/mol. The Morgan fingerprint density at radius 1 is 1.00 bits per heavy atom. The molecule has 5 nitrogen and oxygen atoms in total. The highest BCUT2D eigenvalue weighted by Crippen LogP contribution is 2.29. The SMILES string of the molecule is Cc1ccc(NS(=O)(=O)c2cc(C(=O)NCc3cccc(C(F)(F)F)c3)ccc2Cl)cc1. The summed E-state index contributed by atoms with van der Waals surface area (Å²) < 4.78 is 66.4. The summed E-state index contributed by atoms with van der Waals surface area (Å²) in [5.41, 5.74) is 0.685. The van der Waals surface area contributed by atoms with Crippen molar-refractivity contribution in [1.82, 2.24) is 5.32 Å². The van der Waals surface area contributed by atoms with Gasteiger partial charge in [-0.25, -0.2) is 8.42 Å². The van der Waals surface area contributed by atoms with Gasteiger partial charge in [0, 0.05) is 17.8 Å². The van der Waals surface area contributed by atoms with E-state index in [-0.39, 0.29) is 27.6 Å². The van der Waals surface area contributed by atoms with Crippen molar-refractivity contribution >= 4 is 33.2 Å². The molecule has 0 spiro atoms. The molecule has 0 heterocycles. The van der Waals surface area contributed by atoms with Crippen LogP contribution in [0.5, 0.6) is 0 Å². The third-order valence-electron chi connectivity index (χ3n) is 4.49. The van der Waals surface area contributed by atoms with Crippen molar-refractivity contribution in [1.29, 1.82) is 0 Å². The number of hydrogen-bond donors (Lipinski definition) is 2. The molecule has 168 valence electrons. The molecule has 0 aliphatic rings. The molecular weight excluding hydrogens is 465 g/mol. The van der Waals surface area contributed by atoms with Gasteiger partial charge in [-0.1, -0.05) is 41.4 Å². The van der Waals surface area contributed by atoms with Crippen molar-refractivity contribution in [3.05, 3.63) is 94.0 Å². The van der Waals surface area contributed by atoms with Gasteiger partial charge >= 0.3 is 6.18 Å². The molecule has 32 heavy (non-hydrogen) atoms. The van der Waals surface area contributed by atoms with Gasteiger partial charge in [-0.3, -0.25) is 9.52 Å². The maximum absolute atomic E-state index is 12.8. The normalized spacial score (nSPS) is 11.8. The third-order valence-corrected chi connectivity index (χ3v) is 6.36. The zero-order valence-corrected chi connectivity index (χ0v) is 18.3. The molecule has 0 saturated carbocycles. The summed E-state index contributed by atoms with van der Waals surface area (Å²) in [5.74, 6) is -0.661. The minimum Gasteiger partial charge on any atom is -0.348 e. The van der Waals surface area contributed by atoms with E-state index in [4.69, 9.17) is 11.6 Å². The molecule has 1 amide bonds. The average Bonchev–Trinajstić information content (AvgIpc) is 2.73.